The molecule has 112 valence electrons. The molecule has 0 amide bonds. The summed E-state index contributed by atoms with van der Waals surface area (Å²) in [5.41, 5.74) is 2.45. The maximum absolute atomic E-state index is 5.43. The third-order valence-corrected chi connectivity index (χ3v) is 4.00. The van der Waals surface area contributed by atoms with Gasteiger partial charge in [0.05, 0.1) is 7.11 Å². The number of nitrogens with one attached hydrogen (secondary N) is 1. The first-order valence-electron chi connectivity index (χ1n) is 7.40. The average molecular weight is 286 g/mol. The second-order valence-corrected chi connectivity index (χ2v) is 5.45. The van der Waals surface area contributed by atoms with Crippen LogP contribution in [-0.4, -0.2) is 53.3 Å². The normalized spacial score (nSPS) is 17.0. The molecule has 5 heteroatoms. The van der Waals surface area contributed by atoms with Gasteiger partial charge in [0.1, 0.15) is 5.75 Å². The van der Waals surface area contributed by atoms with Gasteiger partial charge >= 0.3 is 0 Å². The minimum atomic E-state index is 0.960. The van der Waals surface area contributed by atoms with Crippen molar-refractivity contribution in [2.24, 2.45) is 0 Å². The number of ether oxygens (including phenoxy) is 1. The van der Waals surface area contributed by atoms with Crippen molar-refractivity contribution in [1.29, 1.82) is 0 Å². The number of aromatic amines is 1. The monoisotopic (exact) mass is 286 g/mol. The number of hydrogen-bond donors (Lipinski definition) is 1. The van der Waals surface area contributed by atoms with E-state index in [1.165, 1.54) is 11.3 Å². The highest BCUT2D eigenvalue weighted by atomic mass is 16.5. The molecule has 1 aliphatic heterocycles. The van der Waals surface area contributed by atoms with Crippen LogP contribution < -0.4 is 4.74 Å². The number of methoxy groups -OCH3 is 1. The van der Waals surface area contributed by atoms with E-state index >= 15 is 0 Å². The lowest BCUT2D eigenvalue weighted by Crippen LogP contribution is -2.45. The van der Waals surface area contributed by atoms with Crippen LogP contribution in [0.25, 0.3) is 0 Å². The number of rotatable bonds is 5. The second kappa shape index (κ2) is 6.74. The largest absolute Gasteiger partial charge is 0.496 e. The minimum absolute atomic E-state index is 0.960. The second-order valence-electron chi connectivity index (χ2n) is 5.45. The fourth-order valence-corrected chi connectivity index (χ4v) is 2.79. The van der Waals surface area contributed by atoms with Crippen molar-refractivity contribution < 1.29 is 4.74 Å². The molecule has 21 heavy (non-hydrogen) atoms. The quantitative estimate of drug-likeness (QED) is 0.909. The summed E-state index contributed by atoms with van der Waals surface area (Å²) in [5.74, 6) is 0.984. The predicted octanol–water partition coefficient (Wildman–Crippen LogP) is 1.74. The van der Waals surface area contributed by atoms with Crippen molar-refractivity contribution in [3.63, 3.8) is 0 Å². The molecule has 0 saturated carbocycles. The van der Waals surface area contributed by atoms with Gasteiger partial charge in [-0.1, -0.05) is 18.2 Å². The maximum Gasteiger partial charge on any atom is 0.123 e. The van der Waals surface area contributed by atoms with Crippen molar-refractivity contribution >= 4 is 0 Å². The number of benzene rings is 1. The smallest absolute Gasteiger partial charge is 0.123 e. The minimum Gasteiger partial charge on any atom is -0.496 e. The number of H-pyrrole nitrogens is 1. The van der Waals surface area contributed by atoms with Crippen LogP contribution in [0.15, 0.2) is 36.5 Å². The molecular weight excluding hydrogens is 264 g/mol. The van der Waals surface area contributed by atoms with E-state index in [4.69, 9.17) is 4.74 Å². The zero-order valence-corrected chi connectivity index (χ0v) is 12.5. The highest BCUT2D eigenvalue weighted by molar-refractivity contribution is 5.33. The van der Waals surface area contributed by atoms with Crippen LogP contribution >= 0.6 is 0 Å². The Labute approximate surface area is 125 Å². The Balaban J connectivity index is 1.51. The summed E-state index contributed by atoms with van der Waals surface area (Å²) in [6, 6.07) is 10.3. The molecule has 1 aromatic carbocycles. The van der Waals surface area contributed by atoms with E-state index in [1.807, 2.05) is 24.4 Å². The molecule has 2 heterocycles. The summed E-state index contributed by atoms with van der Waals surface area (Å²) in [6.07, 6.45) is 1.81. The fraction of sp³-hybridized carbons (Fsp3) is 0.438. The number of nitrogens with zero attached hydrogens (tertiary/aromatic N) is 3. The van der Waals surface area contributed by atoms with Gasteiger partial charge in [0.25, 0.3) is 0 Å². The summed E-state index contributed by atoms with van der Waals surface area (Å²) >= 11 is 0. The molecule has 0 unspecified atom stereocenters. The summed E-state index contributed by atoms with van der Waals surface area (Å²) in [6.45, 7) is 6.28. The molecule has 1 fully saturated rings. The molecule has 1 saturated heterocycles. The van der Waals surface area contributed by atoms with Crippen LogP contribution in [-0.2, 0) is 13.1 Å². The van der Waals surface area contributed by atoms with E-state index in [1.54, 1.807) is 7.11 Å². The predicted molar refractivity (Wildman–Crippen MR) is 82.1 cm³/mol. The highest BCUT2D eigenvalue weighted by Crippen LogP contribution is 2.20. The van der Waals surface area contributed by atoms with E-state index in [0.717, 1.165) is 45.0 Å². The van der Waals surface area contributed by atoms with Crippen LogP contribution in [0.4, 0.5) is 0 Å². The van der Waals surface area contributed by atoms with Crippen molar-refractivity contribution in [3.8, 4) is 5.75 Å². The Morgan fingerprint density at radius 1 is 1.05 bits per heavy atom. The molecule has 0 aliphatic carbocycles. The van der Waals surface area contributed by atoms with Gasteiger partial charge in [0.2, 0.25) is 0 Å². The molecule has 1 N–H and O–H groups in total. The van der Waals surface area contributed by atoms with Gasteiger partial charge < -0.3 is 4.74 Å². The third-order valence-electron chi connectivity index (χ3n) is 4.00. The zero-order valence-electron chi connectivity index (χ0n) is 12.5. The molecular formula is C16H22N4O. The van der Waals surface area contributed by atoms with Crippen LogP contribution in [0, 0.1) is 0 Å². The average Bonchev–Trinajstić information content (AvgIpc) is 3.03. The highest BCUT2D eigenvalue weighted by Gasteiger charge is 2.18. The fourth-order valence-electron chi connectivity index (χ4n) is 2.79. The summed E-state index contributed by atoms with van der Waals surface area (Å²) in [7, 11) is 1.74. The third kappa shape index (κ3) is 3.62. The molecule has 0 atom stereocenters. The lowest BCUT2D eigenvalue weighted by molar-refractivity contribution is 0.120. The number of hydrogen-bond acceptors (Lipinski definition) is 4. The Kier molecular flexibility index (Phi) is 4.52. The van der Waals surface area contributed by atoms with Crippen molar-refractivity contribution in [3.05, 3.63) is 47.8 Å². The first-order valence-corrected chi connectivity index (χ1v) is 7.40. The van der Waals surface area contributed by atoms with Gasteiger partial charge in [0.15, 0.2) is 0 Å². The van der Waals surface area contributed by atoms with Gasteiger partial charge in [0, 0.05) is 56.7 Å². The van der Waals surface area contributed by atoms with Gasteiger partial charge in [-0.15, -0.1) is 0 Å². The van der Waals surface area contributed by atoms with Gasteiger partial charge in [-0.2, -0.15) is 5.10 Å². The van der Waals surface area contributed by atoms with Gasteiger partial charge in [-0.05, 0) is 12.1 Å². The van der Waals surface area contributed by atoms with Gasteiger partial charge in [-0.25, -0.2) is 0 Å². The maximum atomic E-state index is 5.43. The molecule has 0 bridgehead atoms. The summed E-state index contributed by atoms with van der Waals surface area (Å²) in [4.78, 5) is 4.95. The van der Waals surface area contributed by atoms with Crippen molar-refractivity contribution in [2.75, 3.05) is 33.3 Å². The van der Waals surface area contributed by atoms with Crippen LogP contribution in [0.1, 0.15) is 11.3 Å². The molecule has 5 nitrogen and oxygen atoms in total. The van der Waals surface area contributed by atoms with E-state index in [0.29, 0.717) is 0 Å². The van der Waals surface area contributed by atoms with Gasteiger partial charge in [-0.3, -0.25) is 14.9 Å². The lowest BCUT2D eigenvalue weighted by Gasteiger charge is -2.34. The number of piperazine rings is 1. The molecule has 0 radical (unpaired) electrons. The topological polar surface area (TPSA) is 44.4 Å². The van der Waals surface area contributed by atoms with Crippen molar-refractivity contribution in [1.82, 2.24) is 20.0 Å². The zero-order chi connectivity index (χ0) is 14.5. The van der Waals surface area contributed by atoms with Crippen molar-refractivity contribution in [2.45, 2.75) is 13.1 Å². The molecule has 2 aromatic rings. The van der Waals surface area contributed by atoms with Crippen LogP contribution in [0.5, 0.6) is 5.75 Å². The Bertz CT molecular complexity index is 547. The molecule has 1 aliphatic rings. The van der Waals surface area contributed by atoms with Crippen LogP contribution in [0.3, 0.4) is 0 Å². The number of para-hydroxylation sites is 1. The summed E-state index contributed by atoms with van der Waals surface area (Å²) in [5, 5.41) is 7.03. The Morgan fingerprint density at radius 2 is 1.76 bits per heavy atom. The molecule has 0 spiro atoms. The SMILES string of the molecule is COc1ccccc1CN1CCN(Cc2ccn[nH]2)CC1. The standard InChI is InChI=1S/C16H22N4O/c1-21-16-5-3-2-4-14(16)12-19-8-10-20(11-9-19)13-15-6-7-17-18-15/h2-7H,8-13H2,1H3,(H,17,18). The Morgan fingerprint density at radius 3 is 2.43 bits per heavy atom. The van der Waals surface area contributed by atoms with E-state index < -0.39 is 0 Å². The van der Waals surface area contributed by atoms with E-state index in [2.05, 4.69) is 32.1 Å². The van der Waals surface area contributed by atoms with E-state index in [-0.39, 0.29) is 0 Å². The first-order chi connectivity index (χ1) is 10.3. The van der Waals surface area contributed by atoms with E-state index in [9.17, 15) is 0 Å². The number of aromatic nitrogens is 2. The Hall–Kier alpha value is -1.85. The lowest BCUT2D eigenvalue weighted by atomic mass is 10.1. The summed E-state index contributed by atoms with van der Waals surface area (Å²) < 4.78 is 5.43. The molecule has 1 aromatic heterocycles. The molecule has 3 rings (SSSR count). The first kappa shape index (κ1) is 14.1. The van der Waals surface area contributed by atoms with Crippen LogP contribution in [0.2, 0.25) is 0 Å².